The molecule has 5 nitrogen and oxygen atoms in total. The van der Waals surface area contributed by atoms with E-state index in [0.29, 0.717) is 6.04 Å². The van der Waals surface area contributed by atoms with Crippen molar-refractivity contribution in [3.05, 3.63) is 54.1 Å². The Bertz CT molecular complexity index is 754. The summed E-state index contributed by atoms with van der Waals surface area (Å²) >= 11 is 5.73. The largest absolute Gasteiger partial charge is 0.376 e. The lowest BCUT2D eigenvalue weighted by Crippen LogP contribution is -2.37. The summed E-state index contributed by atoms with van der Waals surface area (Å²) in [5.74, 6) is 0. The minimum absolute atomic E-state index is 0.0394. The Kier molecular flexibility index (Phi) is 4.96. The minimum atomic E-state index is 0.0394. The van der Waals surface area contributed by atoms with Gasteiger partial charge in [0.1, 0.15) is 0 Å². The second-order valence-electron chi connectivity index (χ2n) is 7.35. The van der Waals surface area contributed by atoms with Crippen LogP contribution in [0.2, 0.25) is 0 Å². The first-order valence-electron chi connectivity index (χ1n) is 9.41. The Morgan fingerprint density at radius 2 is 2.19 bits per heavy atom. The van der Waals surface area contributed by atoms with Crippen LogP contribution >= 0.6 is 12.2 Å². The predicted molar refractivity (Wildman–Crippen MR) is 106 cm³/mol. The summed E-state index contributed by atoms with van der Waals surface area (Å²) in [5.41, 5.74) is 2.28. The smallest absolute Gasteiger partial charge is 0.170 e. The van der Waals surface area contributed by atoms with Crippen molar-refractivity contribution in [3.63, 3.8) is 0 Å². The molecule has 2 fully saturated rings. The van der Waals surface area contributed by atoms with Gasteiger partial charge in [-0.25, -0.2) is 0 Å². The zero-order chi connectivity index (χ0) is 18.1. The third kappa shape index (κ3) is 3.23. The molecule has 26 heavy (non-hydrogen) atoms. The number of ether oxygens (including phenoxy) is 1. The molecule has 0 spiro atoms. The second kappa shape index (κ2) is 7.37. The van der Waals surface area contributed by atoms with Gasteiger partial charge in [-0.05, 0) is 63.2 Å². The van der Waals surface area contributed by atoms with Gasteiger partial charge in [-0.15, -0.1) is 0 Å². The molecule has 4 rings (SSSR count). The topological polar surface area (TPSA) is 42.3 Å². The van der Waals surface area contributed by atoms with Gasteiger partial charge in [0.25, 0.3) is 0 Å². The highest BCUT2D eigenvalue weighted by molar-refractivity contribution is 7.80. The molecule has 2 aromatic heterocycles. The first-order chi connectivity index (χ1) is 12.6. The first kappa shape index (κ1) is 17.5. The van der Waals surface area contributed by atoms with Crippen molar-refractivity contribution >= 4 is 17.3 Å². The van der Waals surface area contributed by atoms with Crippen LogP contribution in [-0.4, -0.2) is 38.8 Å². The third-order valence-corrected chi connectivity index (χ3v) is 5.65. The maximum Gasteiger partial charge on any atom is 0.170 e. The fourth-order valence-electron chi connectivity index (χ4n) is 4.06. The van der Waals surface area contributed by atoms with Gasteiger partial charge < -0.3 is 19.5 Å². The van der Waals surface area contributed by atoms with Crippen molar-refractivity contribution < 1.29 is 4.74 Å². The highest BCUT2D eigenvalue weighted by Gasteiger charge is 2.42. The van der Waals surface area contributed by atoms with Crippen molar-refractivity contribution in [3.8, 4) is 0 Å². The van der Waals surface area contributed by atoms with E-state index in [4.69, 9.17) is 17.0 Å². The van der Waals surface area contributed by atoms with Crippen molar-refractivity contribution in [2.24, 2.45) is 0 Å². The summed E-state index contributed by atoms with van der Waals surface area (Å²) in [6.07, 6.45) is 6.49. The van der Waals surface area contributed by atoms with E-state index in [2.05, 4.69) is 58.0 Å². The maximum absolute atomic E-state index is 5.90. The summed E-state index contributed by atoms with van der Waals surface area (Å²) in [7, 11) is 0. The lowest BCUT2D eigenvalue weighted by Gasteiger charge is -2.31. The number of pyridine rings is 1. The van der Waals surface area contributed by atoms with Crippen LogP contribution in [0.4, 0.5) is 0 Å². The molecule has 0 aromatic carbocycles. The average Bonchev–Trinajstić information content (AvgIpc) is 3.37. The van der Waals surface area contributed by atoms with Crippen molar-refractivity contribution in [2.75, 3.05) is 13.2 Å². The summed E-state index contributed by atoms with van der Waals surface area (Å²) in [4.78, 5) is 6.91. The number of thiocarbonyl (C=S) groups is 1. The van der Waals surface area contributed by atoms with Crippen molar-refractivity contribution in [2.45, 2.75) is 50.9 Å². The third-order valence-electron chi connectivity index (χ3n) is 5.29. The van der Waals surface area contributed by atoms with Gasteiger partial charge in [0.15, 0.2) is 5.11 Å². The molecule has 4 heterocycles. The van der Waals surface area contributed by atoms with Gasteiger partial charge in [-0.2, -0.15) is 0 Å². The van der Waals surface area contributed by atoms with Crippen molar-refractivity contribution in [1.82, 2.24) is 19.8 Å². The second-order valence-corrected chi connectivity index (χ2v) is 7.73. The van der Waals surface area contributed by atoms with Gasteiger partial charge in [0.2, 0.25) is 0 Å². The van der Waals surface area contributed by atoms with E-state index in [1.54, 1.807) is 0 Å². The number of aromatic nitrogens is 2. The standard InChI is InChI=1S/C20H26N4OS/c1-14(2)23-11-5-9-17(23)19-18(16-8-3-4-10-21-16)22-20(26)24(19)13-15-7-6-12-25-15/h3-5,8-11,14-15,18-19H,6-7,12-13H2,1-2H3,(H,22,26)/t15-,18+,19-/m0/s1. The SMILES string of the molecule is CC(C)n1cccc1[C@H]1[C@@H](c2ccccn2)NC(=S)N1C[C@@H]1CCCO1. The molecule has 0 amide bonds. The van der Waals surface area contributed by atoms with Gasteiger partial charge in [-0.1, -0.05) is 6.07 Å². The van der Waals surface area contributed by atoms with E-state index in [0.717, 1.165) is 36.8 Å². The number of hydrogen-bond acceptors (Lipinski definition) is 3. The Balaban J connectivity index is 1.72. The van der Waals surface area contributed by atoms with Crippen LogP contribution in [-0.2, 0) is 4.74 Å². The van der Waals surface area contributed by atoms with Crippen molar-refractivity contribution in [1.29, 1.82) is 0 Å². The quantitative estimate of drug-likeness (QED) is 0.815. The normalized spacial score (nSPS) is 25.9. The molecule has 138 valence electrons. The molecule has 2 aliphatic rings. The van der Waals surface area contributed by atoms with Gasteiger partial charge in [-0.3, -0.25) is 4.98 Å². The summed E-state index contributed by atoms with van der Waals surface area (Å²) in [6.45, 7) is 6.10. The van der Waals surface area contributed by atoms with E-state index < -0.39 is 0 Å². The lowest BCUT2D eigenvalue weighted by atomic mass is 10.0. The van der Waals surface area contributed by atoms with Crippen LogP contribution in [0.15, 0.2) is 42.7 Å². The Labute approximate surface area is 160 Å². The fraction of sp³-hybridized carbons (Fsp3) is 0.500. The monoisotopic (exact) mass is 370 g/mol. The van der Waals surface area contributed by atoms with Crippen LogP contribution in [0.25, 0.3) is 0 Å². The minimum Gasteiger partial charge on any atom is -0.376 e. The molecule has 2 aromatic rings. The van der Waals surface area contributed by atoms with Crippen LogP contribution < -0.4 is 5.32 Å². The summed E-state index contributed by atoms with van der Waals surface area (Å²) < 4.78 is 8.23. The molecule has 6 heteroatoms. The highest BCUT2D eigenvalue weighted by Crippen LogP contribution is 2.40. The van der Waals surface area contributed by atoms with Gasteiger partial charge in [0.05, 0.1) is 23.9 Å². The first-order valence-corrected chi connectivity index (χ1v) is 9.82. The number of nitrogens with zero attached hydrogens (tertiary/aromatic N) is 3. The fourth-order valence-corrected chi connectivity index (χ4v) is 4.37. The van der Waals surface area contributed by atoms with Gasteiger partial charge >= 0.3 is 0 Å². The lowest BCUT2D eigenvalue weighted by molar-refractivity contribution is 0.0833. The molecule has 2 aliphatic heterocycles. The van der Waals surface area contributed by atoms with E-state index in [1.807, 2.05) is 18.3 Å². The maximum atomic E-state index is 5.90. The van der Waals surface area contributed by atoms with E-state index in [1.165, 1.54) is 5.69 Å². The number of rotatable bonds is 5. The van der Waals surface area contributed by atoms with Crippen LogP contribution in [0.3, 0.4) is 0 Å². The summed E-state index contributed by atoms with van der Waals surface area (Å²) in [6, 6.07) is 10.9. The zero-order valence-electron chi connectivity index (χ0n) is 15.3. The van der Waals surface area contributed by atoms with Crippen LogP contribution in [0, 0.1) is 0 Å². The van der Waals surface area contributed by atoms with E-state index in [-0.39, 0.29) is 18.2 Å². The summed E-state index contributed by atoms with van der Waals surface area (Å²) in [5, 5.41) is 4.31. The molecule has 0 unspecified atom stereocenters. The predicted octanol–water partition coefficient (Wildman–Crippen LogP) is 3.62. The molecule has 0 bridgehead atoms. The molecule has 2 saturated heterocycles. The van der Waals surface area contributed by atoms with E-state index in [9.17, 15) is 0 Å². The Hall–Kier alpha value is -1.92. The molecular formula is C20H26N4OS. The zero-order valence-corrected chi connectivity index (χ0v) is 16.2. The molecular weight excluding hydrogens is 344 g/mol. The molecule has 0 aliphatic carbocycles. The Morgan fingerprint density at radius 3 is 2.88 bits per heavy atom. The number of nitrogens with one attached hydrogen (secondary N) is 1. The number of hydrogen-bond donors (Lipinski definition) is 1. The molecule has 1 N–H and O–H groups in total. The van der Waals surface area contributed by atoms with Crippen LogP contribution in [0.1, 0.15) is 56.2 Å². The van der Waals surface area contributed by atoms with E-state index >= 15 is 0 Å². The molecule has 3 atom stereocenters. The van der Waals surface area contributed by atoms with Gasteiger partial charge in [0, 0.05) is 37.3 Å². The molecule has 0 saturated carbocycles. The highest BCUT2D eigenvalue weighted by atomic mass is 32.1. The van der Waals surface area contributed by atoms with Crippen LogP contribution in [0.5, 0.6) is 0 Å². The molecule has 0 radical (unpaired) electrons. The Morgan fingerprint density at radius 1 is 1.31 bits per heavy atom. The average molecular weight is 371 g/mol.